The van der Waals surface area contributed by atoms with Gasteiger partial charge in [-0.1, -0.05) is 72.9 Å². The number of hydrogen-bond donors (Lipinski definition) is 1. The van der Waals surface area contributed by atoms with Crippen molar-refractivity contribution in [2.45, 2.75) is 45.7 Å². The minimum absolute atomic E-state index is 0.152. The molecule has 28 heavy (non-hydrogen) atoms. The fourth-order valence-corrected chi connectivity index (χ4v) is 3.36. The van der Waals surface area contributed by atoms with Crippen molar-refractivity contribution in [3.63, 3.8) is 0 Å². The van der Waals surface area contributed by atoms with Crippen LogP contribution < -0.4 is 5.32 Å². The first-order valence-corrected chi connectivity index (χ1v) is 10.2. The third-order valence-electron chi connectivity index (χ3n) is 4.59. The third kappa shape index (κ3) is 6.25. The summed E-state index contributed by atoms with van der Waals surface area (Å²) in [5.41, 5.74) is 1.53. The summed E-state index contributed by atoms with van der Waals surface area (Å²) in [6.45, 7) is 4.55. The highest BCUT2D eigenvalue weighted by molar-refractivity contribution is 6.36. The fraction of sp³-hybridized carbons (Fsp3) is 0.364. The zero-order chi connectivity index (χ0) is 20.5. The molecule has 6 heteroatoms. The van der Waals surface area contributed by atoms with E-state index in [1.807, 2.05) is 30.3 Å². The van der Waals surface area contributed by atoms with Crippen molar-refractivity contribution in [3.8, 4) is 0 Å². The number of carbonyl (C=O) groups is 2. The van der Waals surface area contributed by atoms with Crippen LogP contribution in [0.4, 0.5) is 0 Å². The van der Waals surface area contributed by atoms with Gasteiger partial charge < -0.3 is 10.2 Å². The minimum Gasteiger partial charge on any atom is -0.354 e. The van der Waals surface area contributed by atoms with E-state index in [1.54, 1.807) is 30.0 Å². The quantitative estimate of drug-likeness (QED) is 0.588. The molecule has 1 atom stereocenters. The number of rotatable bonds is 9. The van der Waals surface area contributed by atoms with Crippen molar-refractivity contribution in [1.29, 1.82) is 0 Å². The van der Waals surface area contributed by atoms with Crippen LogP contribution in [0, 0.1) is 0 Å². The molecule has 0 radical (unpaired) electrons. The summed E-state index contributed by atoms with van der Waals surface area (Å²) in [6, 6.07) is 14.0. The second-order valence-electron chi connectivity index (χ2n) is 6.70. The summed E-state index contributed by atoms with van der Waals surface area (Å²) in [6.07, 6.45) is 2.09. The van der Waals surface area contributed by atoms with Gasteiger partial charge in [-0.05, 0) is 31.0 Å². The second kappa shape index (κ2) is 11.1. The minimum atomic E-state index is -0.639. The van der Waals surface area contributed by atoms with E-state index in [0.29, 0.717) is 22.2 Å². The van der Waals surface area contributed by atoms with Gasteiger partial charge in [0.2, 0.25) is 11.8 Å². The molecule has 0 aromatic heterocycles. The van der Waals surface area contributed by atoms with E-state index in [-0.39, 0.29) is 24.8 Å². The Morgan fingerprint density at radius 1 is 1.04 bits per heavy atom. The summed E-state index contributed by atoms with van der Waals surface area (Å²) in [4.78, 5) is 27.2. The highest BCUT2D eigenvalue weighted by atomic mass is 35.5. The molecule has 0 fully saturated rings. The van der Waals surface area contributed by atoms with Crippen LogP contribution in [0.1, 0.15) is 37.8 Å². The highest BCUT2D eigenvalue weighted by Gasteiger charge is 2.27. The monoisotopic (exact) mass is 420 g/mol. The number of hydrogen-bond acceptors (Lipinski definition) is 2. The Labute approximate surface area is 176 Å². The van der Waals surface area contributed by atoms with Gasteiger partial charge in [-0.25, -0.2) is 0 Å². The van der Waals surface area contributed by atoms with Gasteiger partial charge in [0, 0.05) is 28.7 Å². The van der Waals surface area contributed by atoms with Gasteiger partial charge in [0.15, 0.2) is 0 Å². The van der Waals surface area contributed by atoms with Crippen molar-refractivity contribution < 1.29 is 9.59 Å². The topological polar surface area (TPSA) is 49.4 Å². The van der Waals surface area contributed by atoms with Gasteiger partial charge in [0.05, 0.1) is 6.42 Å². The zero-order valence-corrected chi connectivity index (χ0v) is 17.8. The van der Waals surface area contributed by atoms with Crippen molar-refractivity contribution >= 4 is 35.0 Å². The molecule has 0 unspecified atom stereocenters. The summed E-state index contributed by atoms with van der Waals surface area (Å²) >= 11 is 12.6. The van der Waals surface area contributed by atoms with Crippen LogP contribution in [-0.4, -0.2) is 29.3 Å². The Hall–Kier alpha value is -2.04. The van der Waals surface area contributed by atoms with E-state index < -0.39 is 6.04 Å². The molecule has 2 aromatic rings. The molecule has 0 heterocycles. The Balaban J connectivity index is 2.23. The normalized spacial score (nSPS) is 11.7. The van der Waals surface area contributed by atoms with Crippen molar-refractivity contribution in [2.75, 3.05) is 6.54 Å². The van der Waals surface area contributed by atoms with Crippen LogP contribution in [0.15, 0.2) is 48.5 Å². The van der Waals surface area contributed by atoms with E-state index >= 15 is 0 Å². The molecular weight excluding hydrogens is 395 g/mol. The summed E-state index contributed by atoms with van der Waals surface area (Å²) < 4.78 is 0. The molecule has 0 bridgehead atoms. The molecule has 150 valence electrons. The van der Waals surface area contributed by atoms with Crippen LogP contribution in [0.25, 0.3) is 0 Å². The molecule has 2 aromatic carbocycles. The Kier molecular flexibility index (Phi) is 8.81. The number of amides is 2. The largest absolute Gasteiger partial charge is 0.354 e. The number of nitrogens with one attached hydrogen (secondary N) is 1. The second-order valence-corrected chi connectivity index (χ2v) is 7.52. The number of benzene rings is 2. The first-order valence-electron chi connectivity index (χ1n) is 9.48. The molecule has 0 saturated heterocycles. The van der Waals surface area contributed by atoms with Crippen LogP contribution in [0.2, 0.25) is 10.0 Å². The van der Waals surface area contributed by atoms with Crippen LogP contribution >= 0.6 is 23.2 Å². The first-order chi connectivity index (χ1) is 13.4. The Morgan fingerprint density at radius 3 is 2.29 bits per heavy atom. The number of nitrogens with zero attached hydrogens (tertiary/aromatic N) is 1. The van der Waals surface area contributed by atoms with Crippen LogP contribution in [0.5, 0.6) is 0 Å². The zero-order valence-electron chi connectivity index (χ0n) is 16.3. The lowest BCUT2D eigenvalue weighted by Crippen LogP contribution is -2.48. The van der Waals surface area contributed by atoms with Gasteiger partial charge >= 0.3 is 0 Å². The highest BCUT2D eigenvalue weighted by Crippen LogP contribution is 2.26. The number of carbonyl (C=O) groups excluding carboxylic acids is 2. The van der Waals surface area contributed by atoms with Gasteiger partial charge in [-0.3, -0.25) is 9.59 Å². The van der Waals surface area contributed by atoms with Crippen LogP contribution in [0.3, 0.4) is 0 Å². The lowest BCUT2D eigenvalue weighted by Gasteiger charge is -2.29. The lowest BCUT2D eigenvalue weighted by atomic mass is 10.1. The Morgan fingerprint density at radius 2 is 1.68 bits per heavy atom. The molecule has 1 N–H and O–H groups in total. The Bertz CT molecular complexity index is 776. The molecule has 0 spiro atoms. The van der Waals surface area contributed by atoms with Crippen LogP contribution in [-0.2, 0) is 22.6 Å². The summed E-state index contributed by atoms with van der Waals surface area (Å²) in [7, 11) is 0. The van der Waals surface area contributed by atoms with Gasteiger partial charge in [0.25, 0.3) is 0 Å². The summed E-state index contributed by atoms with van der Waals surface area (Å²) in [5, 5.41) is 3.85. The van der Waals surface area contributed by atoms with E-state index in [0.717, 1.165) is 18.4 Å². The molecule has 0 aliphatic heterocycles. The molecular formula is C22H26Cl2N2O2. The van der Waals surface area contributed by atoms with E-state index in [4.69, 9.17) is 23.2 Å². The summed E-state index contributed by atoms with van der Waals surface area (Å²) in [5.74, 6) is -0.335. The predicted octanol–water partition coefficient (Wildman–Crippen LogP) is 4.87. The van der Waals surface area contributed by atoms with E-state index in [9.17, 15) is 9.59 Å². The predicted molar refractivity (Wildman–Crippen MR) is 115 cm³/mol. The standard InChI is InChI=1S/C22H26Cl2N2O2/c1-3-4-13-25-22(28)16(2)26(15-18-19(23)11-8-12-20(18)24)21(27)14-17-9-6-5-7-10-17/h5-12,16H,3-4,13-15H2,1-2H3,(H,25,28)/t16-/m1/s1. The van der Waals surface area contributed by atoms with Gasteiger partial charge in [-0.2, -0.15) is 0 Å². The SMILES string of the molecule is CCCCNC(=O)[C@@H](C)N(Cc1c(Cl)cccc1Cl)C(=O)Cc1ccccc1. The molecule has 0 aliphatic rings. The van der Waals surface area contributed by atoms with E-state index in [2.05, 4.69) is 12.2 Å². The van der Waals surface area contributed by atoms with E-state index in [1.165, 1.54) is 0 Å². The molecule has 4 nitrogen and oxygen atoms in total. The smallest absolute Gasteiger partial charge is 0.242 e. The molecule has 2 rings (SSSR count). The van der Waals surface area contributed by atoms with Gasteiger partial charge in [-0.15, -0.1) is 0 Å². The molecule has 2 amide bonds. The van der Waals surface area contributed by atoms with Crippen molar-refractivity contribution in [3.05, 3.63) is 69.7 Å². The van der Waals surface area contributed by atoms with Crippen molar-refractivity contribution in [1.82, 2.24) is 10.2 Å². The average Bonchev–Trinajstić information content (AvgIpc) is 2.68. The number of unbranched alkanes of at least 4 members (excludes halogenated alkanes) is 1. The van der Waals surface area contributed by atoms with Crippen molar-refractivity contribution in [2.24, 2.45) is 0 Å². The fourth-order valence-electron chi connectivity index (χ4n) is 2.84. The average molecular weight is 421 g/mol. The molecule has 0 aliphatic carbocycles. The van der Waals surface area contributed by atoms with Gasteiger partial charge in [0.1, 0.15) is 6.04 Å². The maximum atomic E-state index is 13.1. The molecule has 0 saturated carbocycles. The first kappa shape index (κ1) is 22.3. The third-order valence-corrected chi connectivity index (χ3v) is 5.29. The maximum Gasteiger partial charge on any atom is 0.242 e. The maximum absolute atomic E-state index is 13.1. The number of halogens is 2. The lowest BCUT2D eigenvalue weighted by molar-refractivity contribution is -0.140.